The van der Waals surface area contributed by atoms with Crippen LogP contribution in [-0.4, -0.2) is 24.3 Å². The van der Waals surface area contributed by atoms with Gasteiger partial charge in [0.15, 0.2) is 5.76 Å². The molecule has 7 nitrogen and oxygen atoms in total. The molecule has 142 valence electrons. The summed E-state index contributed by atoms with van der Waals surface area (Å²) in [7, 11) is 0. The molecule has 0 spiro atoms. The summed E-state index contributed by atoms with van der Waals surface area (Å²) in [4.78, 5) is 24.1. The number of carbonyl (C=O) groups is 2. The predicted octanol–water partition coefficient (Wildman–Crippen LogP) is 4.39. The molecule has 2 N–H and O–H groups in total. The maximum atomic E-state index is 12.6. The van der Waals surface area contributed by atoms with Crippen LogP contribution in [0.15, 0.2) is 38.3 Å². The van der Waals surface area contributed by atoms with Crippen LogP contribution in [0, 0.1) is 6.92 Å². The molecule has 8 heteroatoms. The van der Waals surface area contributed by atoms with Crippen molar-refractivity contribution in [1.82, 2.24) is 5.43 Å². The Labute approximate surface area is 165 Å². The highest BCUT2D eigenvalue weighted by molar-refractivity contribution is 9.10. The minimum Gasteiger partial charge on any atom is -0.455 e. The van der Waals surface area contributed by atoms with Gasteiger partial charge in [-0.3, -0.25) is 4.79 Å². The number of halogens is 1. The molecule has 1 aliphatic rings. The van der Waals surface area contributed by atoms with Crippen LogP contribution in [0.4, 0.5) is 10.5 Å². The second kappa shape index (κ2) is 8.39. The molecule has 0 aliphatic heterocycles. The fourth-order valence-electron chi connectivity index (χ4n) is 2.99. The number of aryl methyl sites for hydroxylation is 1. The molecule has 0 atom stereocenters. The number of hydrogen-bond acceptors (Lipinski definition) is 5. The number of nitrogens with zero attached hydrogens (tertiary/aromatic N) is 1. The van der Waals surface area contributed by atoms with Crippen LogP contribution in [0.3, 0.4) is 0 Å². The molecule has 0 radical (unpaired) electrons. The van der Waals surface area contributed by atoms with Crippen molar-refractivity contribution in [2.24, 2.45) is 5.10 Å². The van der Waals surface area contributed by atoms with E-state index in [1.807, 2.05) is 19.1 Å². The van der Waals surface area contributed by atoms with Gasteiger partial charge in [0, 0.05) is 27.7 Å². The van der Waals surface area contributed by atoms with Crippen molar-refractivity contribution in [1.29, 1.82) is 0 Å². The second-order valence-corrected chi connectivity index (χ2v) is 6.98. The van der Waals surface area contributed by atoms with Gasteiger partial charge in [0.1, 0.15) is 5.76 Å². The topological polar surface area (TPSA) is 92.9 Å². The monoisotopic (exact) mass is 433 g/mol. The third kappa shape index (κ3) is 4.39. The Hall–Kier alpha value is -2.61. The van der Waals surface area contributed by atoms with Crippen molar-refractivity contribution in [3.8, 4) is 0 Å². The molecular weight excluding hydrogens is 414 g/mol. The lowest BCUT2D eigenvalue weighted by molar-refractivity contribution is 0.0994. The number of anilines is 1. The van der Waals surface area contributed by atoms with E-state index in [0.717, 1.165) is 22.9 Å². The first-order valence-electron chi connectivity index (χ1n) is 8.68. The smallest absolute Gasteiger partial charge is 0.427 e. The minimum atomic E-state index is -0.605. The molecule has 1 aromatic carbocycles. The van der Waals surface area contributed by atoms with Gasteiger partial charge in [-0.15, -0.1) is 0 Å². The third-order valence-electron chi connectivity index (χ3n) is 4.19. The van der Waals surface area contributed by atoms with Crippen LogP contribution >= 0.6 is 15.9 Å². The van der Waals surface area contributed by atoms with Crippen LogP contribution < -0.4 is 10.7 Å². The van der Waals surface area contributed by atoms with Gasteiger partial charge in [-0.1, -0.05) is 15.9 Å². The predicted molar refractivity (Wildman–Crippen MR) is 105 cm³/mol. The summed E-state index contributed by atoms with van der Waals surface area (Å²) in [5.74, 6) is 0.652. The second-order valence-electron chi connectivity index (χ2n) is 6.06. The highest BCUT2D eigenvalue weighted by atomic mass is 79.9. The molecule has 0 fully saturated rings. The number of ether oxygens (including phenoxy) is 1. The van der Waals surface area contributed by atoms with Crippen molar-refractivity contribution in [2.45, 2.75) is 33.1 Å². The number of carbonyl (C=O) groups excluding carboxylic acids is 2. The van der Waals surface area contributed by atoms with E-state index in [2.05, 4.69) is 31.8 Å². The van der Waals surface area contributed by atoms with Gasteiger partial charge < -0.3 is 14.5 Å². The number of fused-ring (bicyclic) bond motifs is 1. The summed E-state index contributed by atoms with van der Waals surface area (Å²) < 4.78 is 11.6. The van der Waals surface area contributed by atoms with Gasteiger partial charge in [0.05, 0.1) is 12.3 Å². The van der Waals surface area contributed by atoms with E-state index >= 15 is 0 Å². The van der Waals surface area contributed by atoms with Crippen LogP contribution in [0.1, 0.15) is 47.2 Å². The fourth-order valence-corrected chi connectivity index (χ4v) is 3.26. The molecule has 3 rings (SSSR count). The van der Waals surface area contributed by atoms with Gasteiger partial charge >= 0.3 is 6.09 Å². The first-order chi connectivity index (χ1) is 13.0. The van der Waals surface area contributed by atoms with Crippen LogP contribution in [-0.2, 0) is 11.2 Å². The Kier molecular flexibility index (Phi) is 5.95. The van der Waals surface area contributed by atoms with E-state index < -0.39 is 6.09 Å². The SMILES string of the molecule is CCOC(=O)N/N=C1\CCCc2oc(C(=O)Nc3ccc(Br)cc3)c(C)c21. The minimum absolute atomic E-state index is 0.258. The molecule has 2 amide bonds. The Bertz CT molecular complexity index is 887. The zero-order valence-electron chi connectivity index (χ0n) is 15.1. The number of nitrogens with one attached hydrogen (secondary N) is 2. The number of furan rings is 1. The van der Waals surface area contributed by atoms with Gasteiger partial charge in [0.25, 0.3) is 5.91 Å². The molecule has 2 aromatic rings. The molecule has 0 bridgehead atoms. The maximum absolute atomic E-state index is 12.6. The fraction of sp³-hybridized carbons (Fsp3) is 0.316. The number of rotatable bonds is 4. The number of amides is 2. The van der Waals surface area contributed by atoms with Crippen molar-refractivity contribution in [2.75, 3.05) is 11.9 Å². The molecule has 1 aromatic heterocycles. The van der Waals surface area contributed by atoms with Crippen LogP contribution in [0.5, 0.6) is 0 Å². The van der Waals surface area contributed by atoms with E-state index in [0.29, 0.717) is 29.1 Å². The molecule has 1 heterocycles. The summed E-state index contributed by atoms with van der Waals surface area (Å²) in [5, 5.41) is 7.00. The standard InChI is InChI=1S/C19H20BrN3O4/c1-3-26-19(25)23-22-14-5-4-6-15-16(14)11(2)17(27-15)18(24)21-13-9-7-12(20)8-10-13/h7-10H,3-6H2,1-2H3,(H,21,24)(H,23,25)/b22-14+. The van der Waals surface area contributed by atoms with Crippen LogP contribution in [0.2, 0.25) is 0 Å². The van der Waals surface area contributed by atoms with E-state index in [1.165, 1.54) is 0 Å². The summed E-state index contributed by atoms with van der Waals surface area (Å²) >= 11 is 3.36. The van der Waals surface area contributed by atoms with Crippen molar-refractivity contribution >= 4 is 39.3 Å². The Balaban J connectivity index is 1.83. The lowest BCUT2D eigenvalue weighted by atomic mass is 9.93. The Morgan fingerprint density at radius 1 is 1.26 bits per heavy atom. The van der Waals surface area contributed by atoms with Gasteiger partial charge in [-0.05, 0) is 51.0 Å². The van der Waals surface area contributed by atoms with Crippen molar-refractivity contribution < 1.29 is 18.7 Å². The highest BCUT2D eigenvalue weighted by Crippen LogP contribution is 2.30. The summed E-state index contributed by atoms with van der Waals surface area (Å²) in [6, 6.07) is 7.30. The number of hydrogen-bond donors (Lipinski definition) is 2. The van der Waals surface area contributed by atoms with Gasteiger partial charge in [0.2, 0.25) is 0 Å². The number of benzene rings is 1. The zero-order valence-corrected chi connectivity index (χ0v) is 16.7. The zero-order chi connectivity index (χ0) is 19.4. The first-order valence-corrected chi connectivity index (χ1v) is 9.47. The molecule has 0 saturated carbocycles. The van der Waals surface area contributed by atoms with E-state index in [-0.39, 0.29) is 18.3 Å². The average Bonchev–Trinajstić information content (AvgIpc) is 3.00. The third-order valence-corrected chi connectivity index (χ3v) is 4.72. The lowest BCUT2D eigenvalue weighted by Gasteiger charge is -2.13. The summed E-state index contributed by atoms with van der Waals surface area (Å²) in [5.41, 5.74) is 5.25. The molecule has 0 unspecified atom stereocenters. The lowest BCUT2D eigenvalue weighted by Crippen LogP contribution is -2.22. The number of hydrazone groups is 1. The first kappa shape index (κ1) is 19.2. The highest BCUT2D eigenvalue weighted by Gasteiger charge is 2.28. The quantitative estimate of drug-likeness (QED) is 0.699. The molecule has 0 saturated heterocycles. The average molecular weight is 434 g/mol. The van der Waals surface area contributed by atoms with Crippen molar-refractivity contribution in [3.63, 3.8) is 0 Å². The summed E-state index contributed by atoms with van der Waals surface area (Å²) in [6.45, 7) is 3.82. The summed E-state index contributed by atoms with van der Waals surface area (Å²) in [6.07, 6.45) is 1.64. The maximum Gasteiger partial charge on any atom is 0.427 e. The molecule has 27 heavy (non-hydrogen) atoms. The van der Waals surface area contributed by atoms with Gasteiger partial charge in [-0.2, -0.15) is 5.10 Å². The van der Waals surface area contributed by atoms with Gasteiger partial charge in [-0.25, -0.2) is 10.2 Å². The normalized spacial score (nSPS) is 14.6. The van der Waals surface area contributed by atoms with E-state index in [4.69, 9.17) is 9.15 Å². The Morgan fingerprint density at radius 2 is 2.00 bits per heavy atom. The van der Waals surface area contributed by atoms with E-state index in [1.54, 1.807) is 19.1 Å². The molecular formula is C19H20BrN3O4. The van der Waals surface area contributed by atoms with E-state index in [9.17, 15) is 9.59 Å². The molecule has 1 aliphatic carbocycles. The largest absolute Gasteiger partial charge is 0.455 e. The Morgan fingerprint density at radius 3 is 2.70 bits per heavy atom. The van der Waals surface area contributed by atoms with Crippen LogP contribution in [0.25, 0.3) is 0 Å². The van der Waals surface area contributed by atoms with Crippen molar-refractivity contribution in [3.05, 3.63) is 51.4 Å².